The molecule has 1 saturated heterocycles. The second-order valence-corrected chi connectivity index (χ2v) is 6.43. The third-order valence-corrected chi connectivity index (χ3v) is 4.34. The summed E-state index contributed by atoms with van der Waals surface area (Å²) in [4.78, 5) is 37.6. The summed E-state index contributed by atoms with van der Waals surface area (Å²) in [5.74, 6) is -1.12. The van der Waals surface area contributed by atoms with Crippen molar-refractivity contribution in [3.63, 3.8) is 0 Å². The van der Waals surface area contributed by atoms with Gasteiger partial charge in [0, 0.05) is 19.6 Å². The highest BCUT2D eigenvalue weighted by molar-refractivity contribution is 5.81. The Kier molecular flexibility index (Phi) is 8.06. The minimum absolute atomic E-state index is 0.00657. The van der Waals surface area contributed by atoms with Crippen LogP contribution in [0.25, 0.3) is 0 Å². The van der Waals surface area contributed by atoms with Gasteiger partial charge in [-0.15, -0.1) is 0 Å². The molecule has 1 fully saturated rings. The fourth-order valence-corrected chi connectivity index (χ4v) is 2.86. The summed E-state index contributed by atoms with van der Waals surface area (Å²) < 4.78 is 10.1. The molecule has 0 aromatic heterocycles. The zero-order valence-electron chi connectivity index (χ0n) is 15.6. The summed E-state index contributed by atoms with van der Waals surface area (Å²) in [7, 11) is 0. The Morgan fingerprint density at radius 1 is 1.26 bits per heavy atom. The molecule has 3 N–H and O–H groups in total. The highest BCUT2D eigenvalue weighted by atomic mass is 16.6. The molecule has 0 bridgehead atoms. The first-order chi connectivity index (χ1) is 13.0. The standard InChI is InChI=1S/C19H27N3O5/c1-2-26-18(24)16(20)11-21-17(23)15-9-6-10-22(12-15)19(25)27-13-14-7-4-3-5-8-14/h3-5,7-8,15-16H,2,6,9-13,20H2,1H3,(H,21,23)/t15-,16+/m1/s1. The van der Waals surface area contributed by atoms with Gasteiger partial charge >= 0.3 is 12.1 Å². The summed E-state index contributed by atoms with van der Waals surface area (Å²) in [6.07, 6.45) is 0.949. The number of hydrogen-bond donors (Lipinski definition) is 2. The van der Waals surface area contributed by atoms with Crippen molar-refractivity contribution in [1.82, 2.24) is 10.2 Å². The van der Waals surface area contributed by atoms with Gasteiger partial charge in [-0.2, -0.15) is 0 Å². The first-order valence-electron chi connectivity index (χ1n) is 9.16. The van der Waals surface area contributed by atoms with Crippen molar-refractivity contribution in [3.8, 4) is 0 Å². The van der Waals surface area contributed by atoms with Crippen molar-refractivity contribution in [1.29, 1.82) is 0 Å². The van der Waals surface area contributed by atoms with Crippen molar-refractivity contribution < 1.29 is 23.9 Å². The Hall–Kier alpha value is -2.61. The Morgan fingerprint density at radius 3 is 2.70 bits per heavy atom. The lowest BCUT2D eigenvalue weighted by molar-refractivity contribution is -0.144. The summed E-state index contributed by atoms with van der Waals surface area (Å²) in [5, 5.41) is 2.67. The van der Waals surface area contributed by atoms with Crippen LogP contribution in [0.1, 0.15) is 25.3 Å². The number of nitrogens with zero attached hydrogens (tertiary/aromatic N) is 1. The lowest BCUT2D eigenvalue weighted by Gasteiger charge is -2.31. The van der Waals surface area contributed by atoms with Gasteiger partial charge in [-0.05, 0) is 25.3 Å². The van der Waals surface area contributed by atoms with Crippen molar-refractivity contribution in [2.24, 2.45) is 11.7 Å². The fourth-order valence-electron chi connectivity index (χ4n) is 2.86. The minimum Gasteiger partial charge on any atom is -0.465 e. The van der Waals surface area contributed by atoms with Gasteiger partial charge < -0.3 is 25.4 Å². The number of benzene rings is 1. The summed E-state index contributed by atoms with van der Waals surface area (Å²) in [6, 6.07) is 8.52. The molecule has 1 aliphatic heterocycles. The average Bonchev–Trinajstić information content (AvgIpc) is 2.71. The van der Waals surface area contributed by atoms with Crippen LogP contribution in [0.5, 0.6) is 0 Å². The number of piperidine rings is 1. The highest BCUT2D eigenvalue weighted by Gasteiger charge is 2.29. The predicted molar refractivity (Wildman–Crippen MR) is 98.5 cm³/mol. The second kappa shape index (κ2) is 10.5. The first-order valence-corrected chi connectivity index (χ1v) is 9.16. The van der Waals surface area contributed by atoms with E-state index in [2.05, 4.69) is 5.32 Å². The van der Waals surface area contributed by atoms with E-state index in [0.29, 0.717) is 19.4 Å². The molecule has 0 unspecified atom stereocenters. The molecule has 1 aromatic carbocycles. The van der Waals surface area contributed by atoms with Crippen LogP contribution in [0.3, 0.4) is 0 Å². The van der Waals surface area contributed by atoms with Crippen LogP contribution in [0.4, 0.5) is 4.79 Å². The van der Waals surface area contributed by atoms with E-state index in [0.717, 1.165) is 5.56 Å². The van der Waals surface area contributed by atoms with Gasteiger partial charge in [0.05, 0.1) is 12.5 Å². The van der Waals surface area contributed by atoms with Crippen molar-refractivity contribution >= 4 is 18.0 Å². The van der Waals surface area contributed by atoms with Crippen molar-refractivity contribution in [2.75, 3.05) is 26.2 Å². The minimum atomic E-state index is -0.899. The molecule has 27 heavy (non-hydrogen) atoms. The number of likely N-dealkylation sites (tertiary alicyclic amines) is 1. The molecular weight excluding hydrogens is 350 g/mol. The quantitative estimate of drug-likeness (QED) is 0.687. The number of rotatable bonds is 7. The third-order valence-electron chi connectivity index (χ3n) is 4.34. The lowest BCUT2D eigenvalue weighted by atomic mass is 9.97. The summed E-state index contributed by atoms with van der Waals surface area (Å²) in [6.45, 7) is 2.97. The van der Waals surface area contributed by atoms with Crippen LogP contribution in [0.15, 0.2) is 30.3 Å². The molecule has 2 amide bonds. The van der Waals surface area contributed by atoms with E-state index < -0.39 is 18.1 Å². The van der Waals surface area contributed by atoms with E-state index in [9.17, 15) is 14.4 Å². The normalized spacial score (nSPS) is 17.7. The largest absolute Gasteiger partial charge is 0.465 e. The molecule has 1 aliphatic rings. The van der Waals surface area contributed by atoms with Gasteiger partial charge in [0.1, 0.15) is 12.6 Å². The van der Waals surface area contributed by atoms with E-state index in [1.807, 2.05) is 30.3 Å². The second-order valence-electron chi connectivity index (χ2n) is 6.43. The Bertz CT molecular complexity index is 637. The summed E-state index contributed by atoms with van der Waals surface area (Å²) in [5.41, 5.74) is 6.59. The third kappa shape index (κ3) is 6.56. The first kappa shape index (κ1) is 20.7. The van der Waals surface area contributed by atoms with Crippen LogP contribution in [-0.2, 0) is 25.7 Å². The number of amides is 2. The number of nitrogens with two attached hydrogens (primary N) is 1. The molecule has 148 valence electrons. The lowest BCUT2D eigenvalue weighted by Crippen LogP contribution is -2.49. The van der Waals surface area contributed by atoms with Gasteiger partial charge in [0.15, 0.2) is 0 Å². The number of esters is 1. The van der Waals surface area contributed by atoms with Gasteiger partial charge in [-0.1, -0.05) is 30.3 Å². The zero-order valence-corrected chi connectivity index (χ0v) is 15.6. The molecule has 0 aliphatic carbocycles. The molecule has 8 nitrogen and oxygen atoms in total. The van der Waals surface area contributed by atoms with Crippen LogP contribution >= 0.6 is 0 Å². The molecular formula is C19H27N3O5. The highest BCUT2D eigenvalue weighted by Crippen LogP contribution is 2.18. The van der Waals surface area contributed by atoms with Crippen molar-refractivity contribution in [2.45, 2.75) is 32.4 Å². The van der Waals surface area contributed by atoms with E-state index in [-0.39, 0.29) is 38.1 Å². The molecule has 0 saturated carbocycles. The topological polar surface area (TPSA) is 111 Å². The smallest absolute Gasteiger partial charge is 0.410 e. The van der Waals surface area contributed by atoms with Gasteiger partial charge in [-0.25, -0.2) is 4.79 Å². The molecule has 8 heteroatoms. The number of carbonyl (C=O) groups excluding carboxylic acids is 3. The molecule has 2 rings (SSSR count). The maximum absolute atomic E-state index is 12.3. The predicted octanol–water partition coefficient (Wildman–Crippen LogP) is 1.04. The molecule has 1 heterocycles. The van der Waals surface area contributed by atoms with Crippen LogP contribution < -0.4 is 11.1 Å². The monoisotopic (exact) mass is 377 g/mol. The Morgan fingerprint density at radius 2 is 2.00 bits per heavy atom. The van der Waals surface area contributed by atoms with E-state index in [1.165, 1.54) is 0 Å². The van der Waals surface area contributed by atoms with Crippen LogP contribution in [0.2, 0.25) is 0 Å². The molecule has 1 aromatic rings. The maximum Gasteiger partial charge on any atom is 0.410 e. The number of nitrogens with one attached hydrogen (secondary N) is 1. The Balaban J connectivity index is 1.77. The number of hydrogen-bond acceptors (Lipinski definition) is 6. The zero-order chi connectivity index (χ0) is 19.6. The van der Waals surface area contributed by atoms with E-state index in [1.54, 1.807) is 11.8 Å². The SMILES string of the molecule is CCOC(=O)[C@@H](N)CNC(=O)[C@@H]1CCCN(C(=O)OCc2ccccc2)C1. The van der Waals surface area contributed by atoms with Crippen molar-refractivity contribution in [3.05, 3.63) is 35.9 Å². The van der Waals surface area contributed by atoms with E-state index >= 15 is 0 Å². The average molecular weight is 377 g/mol. The number of ether oxygens (including phenoxy) is 2. The van der Waals surface area contributed by atoms with Crippen LogP contribution in [-0.4, -0.2) is 55.2 Å². The van der Waals surface area contributed by atoms with Gasteiger partial charge in [-0.3, -0.25) is 9.59 Å². The van der Waals surface area contributed by atoms with E-state index in [4.69, 9.17) is 15.2 Å². The van der Waals surface area contributed by atoms with Crippen LogP contribution in [0, 0.1) is 5.92 Å². The maximum atomic E-state index is 12.3. The Labute approximate surface area is 159 Å². The molecule has 0 radical (unpaired) electrons. The van der Waals surface area contributed by atoms with Gasteiger partial charge in [0.2, 0.25) is 5.91 Å². The fraction of sp³-hybridized carbons (Fsp3) is 0.526. The summed E-state index contributed by atoms with van der Waals surface area (Å²) >= 11 is 0. The van der Waals surface area contributed by atoms with Gasteiger partial charge in [0.25, 0.3) is 0 Å². The molecule has 0 spiro atoms. The molecule has 2 atom stereocenters. The number of carbonyl (C=O) groups is 3.